The number of hydrogen-bond donors (Lipinski definition) is 2. The number of benzene rings is 3. The molecular weight excluding hydrogens is 447 g/mol. The minimum Gasteiger partial charge on any atom is -0.326 e. The van der Waals surface area contributed by atoms with Crippen LogP contribution in [0, 0.1) is 5.92 Å². The highest BCUT2D eigenvalue weighted by molar-refractivity contribution is 6.06. The second kappa shape index (κ2) is 9.38. The maximum absolute atomic E-state index is 13.1. The molecule has 1 aliphatic heterocycles. The molecule has 0 saturated carbocycles. The van der Waals surface area contributed by atoms with Crippen molar-refractivity contribution in [1.29, 1.82) is 0 Å². The zero-order chi connectivity index (χ0) is 24.3. The van der Waals surface area contributed by atoms with Gasteiger partial charge in [-0.05, 0) is 48.5 Å². The van der Waals surface area contributed by atoms with Crippen LogP contribution in [0.1, 0.15) is 22.3 Å². The molecule has 1 saturated heterocycles. The Morgan fingerprint density at radius 2 is 1.50 bits per heavy atom. The maximum atomic E-state index is 13.1. The van der Waals surface area contributed by atoms with E-state index in [2.05, 4.69) is 10.6 Å². The Morgan fingerprint density at radius 1 is 0.853 bits per heavy atom. The molecule has 0 aliphatic carbocycles. The molecule has 1 fully saturated rings. The molecule has 0 radical (unpaired) electrons. The van der Waals surface area contributed by atoms with Gasteiger partial charge in [-0.2, -0.15) is 13.2 Å². The molecule has 9 heteroatoms. The predicted octanol–water partition coefficient (Wildman–Crippen LogP) is 4.95. The average Bonchev–Trinajstić information content (AvgIpc) is 3.21. The van der Waals surface area contributed by atoms with Crippen LogP contribution in [0.4, 0.5) is 30.2 Å². The molecule has 2 N–H and O–H groups in total. The van der Waals surface area contributed by atoms with E-state index in [4.69, 9.17) is 0 Å². The molecule has 174 valence electrons. The number of carbonyl (C=O) groups is 3. The van der Waals surface area contributed by atoms with Crippen molar-refractivity contribution >= 4 is 34.8 Å². The number of anilines is 3. The number of hydrogen-bond acceptors (Lipinski definition) is 3. The molecule has 0 spiro atoms. The third-order valence-electron chi connectivity index (χ3n) is 5.46. The second-order valence-electron chi connectivity index (χ2n) is 7.81. The van der Waals surface area contributed by atoms with E-state index < -0.39 is 23.6 Å². The van der Waals surface area contributed by atoms with Gasteiger partial charge in [0, 0.05) is 29.9 Å². The van der Waals surface area contributed by atoms with Gasteiger partial charge in [-0.25, -0.2) is 0 Å². The summed E-state index contributed by atoms with van der Waals surface area (Å²) >= 11 is 0. The highest BCUT2D eigenvalue weighted by Crippen LogP contribution is 2.34. The molecule has 4 rings (SSSR count). The van der Waals surface area contributed by atoms with Gasteiger partial charge >= 0.3 is 6.18 Å². The summed E-state index contributed by atoms with van der Waals surface area (Å²) in [6.45, 7) is 0.258. The maximum Gasteiger partial charge on any atom is 0.418 e. The van der Waals surface area contributed by atoms with Crippen molar-refractivity contribution in [2.45, 2.75) is 12.6 Å². The Balaban J connectivity index is 1.38. The van der Waals surface area contributed by atoms with E-state index in [1.807, 2.05) is 18.2 Å². The van der Waals surface area contributed by atoms with Gasteiger partial charge in [0.1, 0.15) is 0 Å². The molecule has 3 amide bonds. The Bertz CT molecular complexity index is 1210. The van der Waals surface area contributed by atoms with E-state index >= 15 is 0 Å². The molecular formula is C25H20F3N3O3. The summed E-state index contributed by atoms with van der Waals surface area (Å²) in [6, 6.07) is 19.5. The van der Waals surface area contributed by atoms with Crippen LogP contribution in [-0.2, 0) is 15.8 Å². The van der Waals surface area contributed by atoms with Crippen molar-refractivity contribution in [3.63, 3.8) is 0 Å². The number of para-hydroxylation sites is 2. The molecule has 3 aromatic carbocycles. The lowest BCUT2D eigenvalue weighted by Crippen LogP contribution is -2.28. The van der Waals surface area contributed by atoms with E-state index in [1.54, 1.807) is 17.0 Å². The minimum absolute atomic E-state index is 0.0832. The van der Waals surface area contributed by atoms with Gasteiger partial charge in [-0.1, -0.05) is 30.3 Å². The molecule has 1 unspecified atom stereocenters. The Hall–Kier alpha value is -4.14. The van der Waals surface area contributed by atoms with Crippen LogP contribution in [0.2, 0.25) is 0 Å². The fraction of sp³-hybridized carbons (Fsp3) is 0.160. The fourth-order valence-electron chi connectivity index (χ4n) is 3.72. The summed E-state index contributed by atoms with van der Waals surface area (Å²) < 4.78 is 39.4. The van der Waals surface area contributed by atoms with Crippen molar-refractivity contribution in [2.24, 2.45) is 5.92 Å². The van der Waals surface area contributed by atoms with E-state index in [1.165, 1.54) is 42.5 Å². The van der Waals surface area contributed by atoms with Crippen molar-refractivity contribution in [2.75, 3.05) is 22.1 Å². The SMILES string of the molecule is O=C(Nc1ccccc1C(F)(F)F)c1ccc(NC(=O)C2CC(=O)N(c3ccccc3)C2)cc1. The monoisotopic (exact) mass is 467 g/mol. The first-order valence-corrected chi connectivity index (χ1v) is 10.5. The molecule has 1 atom stereocenters. The normalized spacial score (nSPS) is 15.8. The summed E-state index contributed by atoms with van der Waals surface area (Å²) in [7, 11) is 0. The standard InChI is InChI=1S/C25H20F3N3O3/c26-25(27,28)20-8-4-5-9-21(20)30-23(33)16-10-12-18(13-11-16)29-24(34)17-14-22(32)31(15-17)19-6-2-1-3-7-19/h1-13,17H,14-15H2,(H,29,34)(H,30,33). The second-order valence-corrected chi connectivity index (χ2v) is 7.81. The summed E-state index contributed by atoms with van der Waals surface area (Å²) in [4.78, 5) is 39.0. The summed E-state index contributed by atoms with van der Waals surface area (Å²) in [5.74, 6) is -1.72. The molecule has 0 aromatic heterocycles. The molecule has 0 bridgehead atoms. The third kappa shape index (κ3) is 5.09. The first kappa shape index (κ1) is 23.0. The van der Waals surface area contributed by atoms with Gasteiger partial charge in [-0.15, -0.1) is 0 Å². The van der Waals surface area contributed by atoms with Gasteiger partial charge in [0.15, 0.2) is 0 Å². The Kier molecular flexibility index (Phi) is 6.36. The van der Waals surface area contributed by atoms with Crippen LogP contribution in [0.3, 0.4) is 0 Å². The minimum atomic E-state index is -4.60. The van der Waals surface area contributed by atoms with Crippen molar-refractivity contribution in [1.82, 2.24) is 0 Å². The zero-order valence-corrected chi connectivity index (χ0v) is 17.8. The number of amides is 3. The number of nitrogens with one attached hydrogen (secondary N) is 2. The Labute approximate surface area is 193 Å². The lowest BCUT2D eigenvalue weighted by molar-refractivity contribution is -0.137. The average molecular weight is 467 g/mol. The lowest BCUT2D eigenvalue weighted by Gasteiger charge is -2.16. The lowest BCUT2D eigenvalue weighted by atomic mass is 10.1. The van der Waals surface area contributed by atoms with E-state index in [9.17, 15) is 27.6 Å². The highest BCUT2D eigenvalue weighted by atomic mass is 19.4. The van der Waals surface area contributed by atoms with Gasteiger partial charge in [0.25, 0.3) is 5.91 Å². The summed E-state index contributed by atoms with van der Waals surface area (Å²) in [6.07, 6.45) is -4.52. The van der Waals surface area contributed by atoms with Crippen molar-refractivity contribution in [3.8, 4) is 0 Å². The van der Waals surface area contributed by atoms with Gasteiger partial charge in [-0.3, -0.25) is 14.4 Å². The van der Waals surface area contributed by atoms with E-state index in [-0.39, 0.29) is 36.0 Å². The van der Waals surface area contributed by atoms with Gasteiger partial charge < -0.3 is 15.5 Å². The molecule has 1 aliphatic rings. The van der Waals surface area contributed by atoms with E-state index in [0.29, 0.717) is 5.69 Å². The van der Waals surface area contributed by atoms with Gasteiger partial charge in [0.05, 0.1) is 17.2 Å². The predicted molar refractivity (Wildman–Crippen MR) is 121 cm³/mol. The van der Waals surface area contributed by atoms with Crippen molar-refractivity contribution < 1.29 is 27.6 Å². The highest BCUT2D eigenvalue weighted by Gasteiger charge is 2.35. The van der Waals surface area contributed by atoms with Crippen LogP contribution in [0.25, 0.3) is 0 Å². The molecule has 3 aromatic rings. The summed E-state index contributed by atoms with van der Waals surface area (Å²) in [5, 5.41) is 5.00. The first-order valence-electron chi connectivity index (χ1n) is 10.5. The smallest absolute Gasteiger partial charge is 0.326 e. The zero-order valence-electron chi connectivity index (χ0n) is 17.8. The number of carbonyl (C=O) groups excluding carboxylic acids is 3. The van der Waals surface area contributed by atoms with Crippen LogP contribution in [0.15, 0.2) is 78.9 Å². The molecule has 1 heterocycles. The van der Waals surface area contributed by atoms with E-state index in [0.717, 1.165) is 11.8 Å². The molecule has 34 heavy (non-hydrogen) atoms. The fourth-order valence-corrected chi connectivity index (χ4v) is 3.72. The third-order valence-corrected chi connectivity index (χ3v) is 5.46. The first-order chi connectivity index (χ1) is 16.2. The number of alkyl halides is 3. The number of halogens is 3. The topological polar surface area (TPSA) is 78.5 Å². The van der Waals surface area contributed by atoms with Crippen LogP contribution in [-0.4, -0.2) is 24.3 Å². The summed E-state index contributed by atoms with van der Waals surface area (Å²) in [5.41, 5.74) is -0.0245. The quantitative estimate of drug-likeness (QED) is 0.558. The largest absolute Gasteiger partial charge is 0.418 e. The van der Waals surface area contributed by atoms with Crippen LogP contribution >= 0.6 is 0 Å². The number of nitrogens with zero attached hydrogens (tertiary/aromatic N) is 1. The van der Waals surface area contributed by atoms with Gasteiger partial charge in [0.2, 0.25) is 11.8 Å². The number of rotatable bonds is 5. The van der Waals surface area contributed by atoms with Crippen LogP contribution < -0.4 is 15.5 Å². The van der Waals surface area contributed by atoms with Crippen molar-refractivity contribution in [3.05, 3.63) is 90.0 Å². The van der Waals surface area contributed by atoms with Crippen LogP contribution in [0.5, 0.6) is 0 Å². The Morgan fingerprint density at radius 3 is 2.18 bits per heavy atom. The molecule has 6 nitrogen and oxygen atoms in total.